The molecule has 0 saturated carbocycles. The van der Waals surface area contributed by atoms with Gasteiger partial charge >= 0.3 is 0 Å². The van der Waals surface area contributed by atoms with Crippen molar-refractivity contribution in [3.05, 3.63) is 48.2 Å². The van der Waals surface area contributed by atoms with E-state index in [1.54, 1.807) is 20.4 Å². The number of anilines is 2. The number of aromatic nitrogens is 1. The van der Waals surface area contributed by atoms with Crippen LogP contribution < -0.4 is 19.7 Å². The minimum atomic E-state index is -0.177. The van der Waals surface area contributed by atoms with E-state index in [0.29, 0.717) is 17.1 Å². The molecule has 27 heavy (non-hydrogen) atoms. The van der Waals surface area contributed by atoms with Crippen molar-refractivity contribution in [1.82, 2.24) is 4.98 Å². The first kappa shape index (κ1) is 18.6. The Labute approximate surface area is 159 Å². The number of methoxy groups -OCH3 is 2. The predicted octanol–water partition coefficient (Wildman–Crippen LogP) is 4.28. The van der Waals surface area contributed by atoms with E-state index in [-0.39, 0.29) is 5.91 Å². The van der Waals surface area contributed by atoms with Gasteiger partial charge in [0.2, 0.25) is 0 Å². The number of aromatic amines is 1. The molecule has 0 aliphatic rings. The Bertz CT molecular complexity index is 928. The molecule has 1 aromatic heterocycles. The normalized spacial score (nSPS) is 10.7. The van der Waals surface area contributed by atoms with Crippen LogP contribution in [0.3, 0.4) is 0 Å². The number of hydrogen-bond donors (Lipinski definition) is 2. The minimum absolute atomic E-state index is 0.177. The minimum Gasteiger partial charge on any atom is -0.493 e. The van der Waals surface area contributed by atoms with E-state index in [4.69, 9.17) is 9.47 Å². The molecule has 3 rings (SSSR count). The highest BCUT2D eigenvalue weighted by atomic mass is 16.5. The molecule has 6 heteroatoms. The van der Waals surface area contributed by atoms with Gasteiger partial charge in [-0.05, 0) is 44.2 Å². The van der Waals surface area contributed by atoms with Crippen molar-refractivity contribution < 1.29 is 14.3 Å². The first-order valence-corrected chi connectivity index (χ1v) is 9.00. The SMILES string of the molecule is CCN(CC)c1ccc(NC(=O)c2c[nH]c3cc(OC)c(OC)cc23)cc1. The Morgan fingerprint density at radius 1 is 1.04 bits per heavy atom. The average Bonchev–Trinajstić information content (AvgIpc) is 3.12. The Kier molecular flexibility index (Phi) is 5.54. The maximum Gasteiger partial charge on any atom is 0.257 e. The molecule has 1 amide bonds. The third-order valence-electron chi connectivity index (χ3n) is 4.68. The van der Waals surface area contributed by atoms with E-state index in [1.165, 1.54) is 0 Å². The van der Waals surface area contributed by atoms with Crippen LogP contribution in [0.5, 0.6) is 11.5 Å². The quantitative estimate of drug-likeness (QED) is 0.654. The number of ether oxygens (including phenoxy) is 2. The monoisotopic (exact) mass is 367 g/mol. The van der Waals surface area contributed by atoms with Crippen LogP contribution in [0.2, 0.25) is 0 Å². The molecule has 2 N–H and O–H groups in total. The third-order valence-corrected chi connectivity index (χ3v) is 4.68. The van der Waals surface area contributed by atoms with Gasteiger partial charge in [-0.1, -0.05) is 0 Å². The van der Waals surface area contributed by atoms with Crippen LogP contribution in [0.25, 0.3) is 10.9 Å². The Morgan fingerprint density at radius 2 is 1.67 bits per heavy atom. The van der Waals surface area contributed by atoms with Gasteiger partial charge in [-0.2, -0.15) is 0 Å². The van der Waals surface area contributed by atoms with Gasteiger partial charge < -0.3 is 24.7 Å². The Balaban J connectivity index is 1.84. The number of carbonyl (C=O) groups excluding carboxylic acids is 1. The molecule has 0 aliphatic carbocycles. The smallest absolute Gasteiger partial charge is 0.257 e. The van der Waals surface area contributed by atoms with Gasteiger partial charge in [0, 0.05) is 42.1 Å². The Hall–Kier alpha value is -3.15. The summed E-state index contributed by atoms with van der Waals surface area (Å²) in [5.41, 5.74) is 3.26. The molecule has 0 atom stereocenters. The number of hydrogen-bond acceptors (Lipinski definition) is 4. The van der Waals surface area contributed by atoms with Crippen LogP contribution in [0.15, 0.2) is 42.6 Å². The fourth-order valence-electron chi connectivity index (χ4n) is 3.18. The molecule has 0 radical (unpaired) electrons. The number of carbonyl (C=O) groups is 1. The zero-order valence-corrected chi connectivity index (χ0v) is 16.1. The molecule has 0 aliphatic heterocycles. The standard InChI is InChI=1S/C21H25N3O3/c1-5-24(6-2)15-9-7-14(8-10-15)23-21(25)17-13-22-18-12-20(27-4)19(26-3)11-16(17)18/h7-13,22H,5-6H2,1-4H3,(H,23,25). The van der Waals surface area contributed by atoms with Crippen LogP contribution in [-0.4, -0.2) is 38.2 Å². The first-order chi connectivity index (χ1) is 13.1. The van der Waals surface area contributed by atoms with Crippen molar-refractivity contribution in [1.29, 1.82) is 0 Å². The fraction of sp³-hybridized carbons (Fsp3) is 0.286. The van der Waals surface area contributed by atoms with Gasteiger partial charge in [-0.25, -0.2) is 0 Å². The summed E-state index contributed by atoms with van der Waals surface area (Å²) in [5.74, 6) is 1.03. The van der Waals surface area contributed by atoms with Gasteiger partial charge in [-0.3, -0.25) is 4.79 Å². The molecule has 6 nitrogen and oxygen atoms in total. The molecule has 2 aromatic carbocycles. The molecule has 0 bridgehead atoms. The molecule has 1 heterocycles. The number of H-pyrrole nitrogens is 1. The summed E-state index contributed by atoms with van der Waals surface area (Å²) in [7, 11) is 3.16. The predicted molar refractivity (Wildman–Crippen MR) is 109 cm³/mol. The van der Waals surface area contributed by atoms with Gasteiger partial charge in [-0.15, -0.1) is 0 Å². The second-order valence-electron chi connectivity index (χ2n) is 6.13. The van der Waals surface area contributed by atoms with Crippen molar-refractivity contribution >= 4 is 28.2 Å². The highest BCUT2D eigenvalue weighted by Crippen LogP contribution is 2.33. The summed E-state index contributed by atoms with van der Waals surface area (Å²) in [6, 6.07) is 11.5. The highest BCUT2D eigenvalue weighted by molar-refractivity contribution is 6.13. The largest absolute Gasteiger partial charge is 0.493 e. The summed E-state index contributed by atoms with van der Waals surface area (Å²) in [4.78, 5) is 18.1. The zero-order valence-electron chi connectivity index (χ0n) is 16.1. The lowest BCUT2D eigenvalue weighted by molar-refractivity contribution is 0.102. The highest BCUT2D eigenvalue weighted by Gasteiger charge is 2.16. The van der Waals surface area contributed by atoms with Crippen LogP contribution in [0.1, 0.15) is 24.2 Å². The lowest BCUT2D eigenvalue weighted by Crippen LogP contribution is -2.21. The van der Waals surface area contributed by atoms with E-state index < -0.39 is 0 Å². The molecule has 142 valence electrons. The van der Waals surface area contributed by atoms with Crippen molar-refractivity contribution in [2.45, 2.75) is 13.8 Å². The van der Waals surface area contributed by atoms with E-state index in [9.17, 15) is 4.79 Å². The topological polar surface area (TPSA) is 66.6 Å². The molecule has 0 fully saturated rings. The van der Waals surface area contributed by atoms with E-state index >= 15 is 0 Å². The van der Waals surface area contributed by atoms with E-state index in [0.717, 1.165) is 35.4 Å². The lowest BCUT2D eigenvalue weighted by atomic mass is 10.1. The zero-order chi connectivity index (χ0) is 19.4. The molecular formula is C21H25N3O3. The lowest BCUT2D eigenvalue weighted by Gasteiger charge is -2.21. The van der Waals surface area contributed by atoms with Crippen LogP contribution in [0, 0.1) is 0 Å². The number of rotatable bonds is 7. The van der Waals surface area contributed by atoms with Gasteiger partial charge in [0.05, 0.1) is 25.3 Å². The van der Waals surface area contributed by atoms with Gasteiger partial charge in [0.15, 0.2) is 11.5 Å². The van der Waals surface area contributed by atoms with Crippen molar-refractivity contribution in [3.63, 3.8) is 0 Å². The number of fused-ring (bicyclic) bond motifs is 1. The maximum absolute atomic E-state index is 12.8. The molecule has 0 unspecified atom stereocenters. The maximum atomic E-state index is 12.8. The van der Waals surface area contributed by atoms with Crippen LogP contribution >= 0.6 is 0 Å². The summed E-state index contributed by atoms with van der Waals surface area (Å²) >= 11 is 0. The number of benzene rings is 2. The van der Waals surface area contributed by atoms with Crippen molar-refractivity contribution in [3.8, 4) is 11.5 Å². The summed E-state index contributed by atoms with van der Waals surface area (Å²) in [5, 5.41) is 3.74. The number of amides is 1. The van der Waals surface area contributed by atoms with Gasteiger partial charge in [0.1, 0.15) is 0 Å². The summed E-state index contributed by atoms with van der Waals surface area (Å²) in [6.45, 7) is 6.14. The van der Waals surface area contributed by atoms with E-state index in [1.807, 2.05) is 36.4 Å². The number of nitrogens with one attached hydrogen (secondary N) is 2. The average molecular weight is 367 g/mol. The molecule has 0 saturated heterocycles. The van der Waals surface area contributed by atoms with Crippen molar-refractivity contribution in [2.75, 3.05) is 37.5 Å². The molecular weight excluding hydrogens is 342 g/mol. The van der Waals surface area contributed by atoms with Crippen molar-refractivity contribution in [2.24, 2.45) is 0 Å². The van der Waals surface area contributed by atoms with E-state index in [2.05, 4.69) is 29.0 Å². The first-order valence-electron chi connectivity index (χ1n) is 9.00. The Morgan fingerprint density at radius 3 is 2.26 bits per heavy atom. The molecule has 0 spiro atoms. The second kappa shape index (κ2) is 8.03. The van der Waals surface area contributed by atoms with Crippen LogP contribution in [0.4, 0.5) is 11.4 Å². The summed E-state index contributed by atoms with van der Waals surface area (Å²) < 4.78 is 10.7. The summed E-state index contributed by atoms with van der Waals surface area (Å²) in [6.07, 6.45) is 1.70. The number of nitrogens with zero attached hydrogens (tertiary/aromatic N) is 1. The van der Waals surface area contributed by atoms with Crippen LogP contribution in [-0.2, 0) is 0 Å². The fourth-order valence-corrected chi connectivity index (χ4v) is 3.18. The third kappa shape index (κ3) is 3.69. The molecule has 3 aromatic rings. The second-order valence-corrected chi connectivity index (χ2v) is 6.13. The van der Waals surface area contributed by atoms with Gasteiger partial charge in [0.25, 0.3) is 5.91 Å².